The average molecular weight is 303 g/mol. The van der Waals surface area contributed by atoms with E-state index in [9.17, 15) is 0 Å². The predicted molar refractivity (Wildman–Crippen MR) is 86.7 cm³/mol. The lowest BCUT2D eigenvalue weighted by molar-refractivity contribution is 0.0342. The zero-order valence-electron chi connectivity index (χ0n) is 12.3. The molecule has 21 heavy (non-hydrogen) atoms. The zero-order chi connectivity index (χ0) is 14.5. The standard InChI is InChI=1S/C16H21N3OS/c1-13-12-21-16(18-13)10-17-15-4-2-14(3-5-15)11-19-6-8-20-9-7-19/h2-5,12,17H,6-11H2,1H3. The van der Waals surface area contributed by atoms with Gasteiger partial charge in [0, 0.05) is 36.4 Å². The molecule has 3 rings (SSSR count). The van der Waals surface area contributed by atoms with Gasteiger partial charge in [-0.2, -0.15) is 0 Å². The third kappa shape index (κ3) is 4.27. The Morgan fingerprint density at radius 2 is 2.00 bits per heavy atom. The summed E-state index contributed by atoms with van der Waals surface area (Å²) in [6.07, 6.45) is 0. The van der Waals surface area contributed by atoms with Crippen LogP contribution in [-0.2, 0) is 17.8 Å². The zero-order valence-corrected chi connectivity index (χ0v) is 13.2. The summed E-state index contributed by atoms with van der Waals surface area (Å²) in [4.78, 5) is 6.89. The van der Waals surface area contributed by atoms with Crippen LogP contribution in [0.25, 0.3) is 0 Å². The highest BCUT2D eigenvalue weighted by molar-refractivity contribution is 7.09. The Kier molecular flexibility index (Phi) is 4.85. The third-order valence-corrected chi connectivity index (χ3v) is 4.54. The molecule has 112 valence electrons. The second-order valence-electron chi connectivity index (χ2n) is 5.32. The minimum Gasteiger partial charge on any atom is -0.379 e. The molecule has 1 saturated heterocycles. The van der Waals surface area contributed by atoms with E-state index < -0.39 is 0 Å². The van der Waals surface area contributed by atoms with Crippen molar-refractivity contribution in [2.45, 2.75) is 20.0 Å². The normalized spacial score (nSPS) is 16.0. The van der Waals surface area contributed by atoms with E-state index in [-0.39, 0.29) is 0 Å². The minimum absolute atomic E-state index is 0.793. The molecular weight excluding hydrogens is 282 g/mol. The topological polar surface area (TPSA) is 37.4 Å². The van der Waals surface area contributed by atoms with Crippen molar-refractivity contribution in [3.05, 3.63) is 45.9 Å². The molecule has 1 aliphatic rings. The van der Waals surface area contributed by atoms with Crippen molar-refractivity contribution in [1.82, 2.24) is 9.88 Å². The molecule has 1 fully saturated rings. The molecule has 0 aliphatic carbocycles. The van der Waals surface area contributed by atoms with Crippen LogP contribution >= 0.6 is 11.3 Å². The van der Waals surface area contributed by atoms with Gasteiger partial charge in [-0.15, -0.1) is 11.3 Å². The number of hydrogen-bond acceptors (Lipinski definition) is 5. The molecular formula is C16H21N3OS. The van der Waals surface area contributed by atoms with E-state index >= 15 is 0 Å². The van der Waals surface area contributed by atoms with Crippen molar-refractivity contribution in [3.63, 3.8) is 0 Å². The van der Waals surface area contributed by atoms with E-state index in [1.54, 1.807) is 11.3 Å². The van der Waals surface area contributed by atoms with Gasteiger partial charge in [0.05, 0.1) is 19.8 Å². The lowest BCUT2D eigenvalue weighted by atomic mass is 10.2. The van der Waals surface area contributed by atoms with Gasteiger partial charge in [-0.25, -0.2) is 4.98 Å². The molecule has 0 radical (unpaired) electrons. The van der Waals surface area contributed by atoms with Gasteiger partial charge in [-0.3, -0.25) is 4.90 Å². The molecule has 0 unspecified atom stereocenters. The van der Waals surface area contributed by atoms with Gasteiger partial charge >= 0.3 is 0 Å². The van der Waals surface area contributed by atoms with E-state index in [4.69, 9.17) is 4.74 Å². The SMILES string of the molecule is Cc1csc(CNc2ccc(CN3CCOCC3)cc2)n1. The number of benzene rings is 1. The molecule has 0 amide bonds. The number of thiazole rings is 1. The molecule has 2 aromatic rings. The van der Waals surface area contributed by atoms with Crippen molar-refractivity contribution in [3.8, 4) is 0 Å². The minimum atomic E-state index is 0.793. The van der Waals surface area contributed by atoms with Crippen LogP contribution in [0.15, 0.2) is 29.6 Å². The van der Waals surface area contributed by atoms with Crippen LogP contribution in [0.1, 0.15) is 16.3 Å². The highest BCUT2D eigenvalue weighted by Crippen LogP contribution is 2.15. The van der Waals surface area contributed by atoms with Gasteiger partial charge < -0.3 is 10.1 Å². The maximum Gasteiger partial charge on any atom is 0.112 e. The number of aryl methyl sites for hydroxylation is 1. The fourth-order valence-electron chi connectivity index (χ4n) is 2.41. The van der Waals surface area contributed by atoms with Crippen LogP contribution in [0.2, 0.25) is 0 Å². The second-order valence-corrected chi connectivity index (χ2v) is 6.26. The number of anilines is 1. The first-order valence-corrected chi connectivity index (χ1v) is 8.21. The molecule has 1 aromatic heterocycles. The maximum absolute atomic E-state index is 5.38. The van der Waals surface area contributed by atoms with Crippen LogP contribution in [-0.4, -0.2) is 36.2 Å². The van der Waals surface area contributed by atoms with E-state index in [0.29, 0.717) is 0 Å². The van der Waals surface area contributed by atoms with Crippen LogP contribution in [0.3, 0.4) is 0 Å². The number of hydrogen-bond donors (Lipinski definition) is 1. The smallest absolute Gasteiger partial charge is 0.112 e. The van der Waals surface area contributed by atoms with Gasteiger partial charge in [0.15, 0.2) is 0 Å². The Hall–Kier alpha value is -1.43. The summed E-state index contributed by atoms with van der Waals surface area (Å²) in [5, 5.41) is 6.63. The molecule has 4 nitrogen and oxygen atoms in total. The molecule has 1 aromatic carbocycles. The van der Waals surface area contributed by atoms with Crippen molar-refractivity contribution < 1.29 is 4.74 Å². The predicted octanol–water partition coefficient (Wildman–Crippen LogP) is 2.90. The first kappa shape index (κ1) is 14.5. The van der Waals surface area contributed by atoms with Crippen LogP contribution in [0.5, 0.6) is 0 Å². The largest absolute Gasteiger partial charge is 0.379 e. The second kappa shape index (κ2) is 7.02. The van der Waals surface area contributed by atoms with Gasteiger partial charge in [-0.1, -0.05) is 12.1 Å². The van der Waals surface area contributed by atoms with E-state index in [2.05, 4.69) is 44.8 Å². The van der Waals surface area contributed by atoms with E-state index in [0.717, 1.165) is 55.8 Å². The summed E-state index contributed by atoms with van der Waals surface area (Å²) < 4.78 is 5.38. The van der Waals surface area contributed by atoms with Crippen LogP contribution in [0, 0.1) is 6.92 Å². The molecule has 0 spiro atoms. The summed E-state index contributed by atoms with van der Waals surface area (Å²) in [5.41, 5.74) is 3.60. The molecule has 0 atom stereocenters. The number of ether oxygens (including phenoxy) is 1. The van der Waals surface area contributed by atoms with Crippen LogP contribution in [0.4, 0.5) is 5.69 Å². The Morgan fingerprint density at radius 1 is 1.24 bits per heavy atom. The van der Waals surface area contributed by atoms with E-state index in [1.165, 1.54) is 5.56 Å². The Balaban J connectivity index is 1.51. The van der Waals surface area contributed by atoms with Crippen molar-refractivity contribution in [2.24, 2.45) is 0 Å². The number of nitrogens with one attached hydrogen (secondary N) is 1. The number of aromatic nitrogens is 1. The van der Waals surface area contributed by atoms with Gasteiger partial charge in [0.2, 0.25) is 0 Å². The van der Waals surface area contributed by atoms with Gasteiger partial charge in [0.1, 0.15) is 5.01 Å². The first-order chi connectivity index (χ1) is 10.3. The Morgan fingerprint density at radius 3 is 2.67 bits per heavy atom. The molecule has 1 N–H and O–H groups in total. The molecule has 0 bridgehead atoms. The summed E-state index contributed by atoms with van der Waals surface area (Å²) in [5.74, 6) is 0. The Labute approximate surface area is 129 Å². The maximum atomic E-state index is 5.38. The van der Waals surface area contributed by atoms with E-state index in [1.807, 2.05) is 6.92 Å². The molecule has 1 aliphatic heterocycles. The highest BCUT2D eigenvalue weighted by atomic mass is 32.1. The van der Waals surface area contributed by atoms with Crippen molar-refractivity contribution >= 4 is 17.0 Å². The lowest BCUT2D eigenvalue weighted by Gasteiger charge is -2.26. The molecule has 2 heterocycles. The monoisotopic (exact) mass is 303 g/mol. The summed E-state index contributed by atoms with van der Waals surface area (Å²) in [6.45, 7) is 7.60. The highest BCUT2D eigenvalue weighted by Gasteiger charge is 2.10. The average Bonchev–Trinajstić information content (AvgIpc) is 2.93. The Bertz CT molecular complexity index is 561. The molecule has 5 heteroatoms. The van der Waals surface area contributed by atoms with Gasteiger partial charge in [0.25, 0.3) is 0 Å². The quantitative estimate of drug-likeness (QED) is 0.921. The lowest BCUT2D eigenvalue weighted by Crippen LogP contribution is -2.35. The van der Waals surface area contributed by atoms with Crippen molar-refractivity contribution in [1.29, 1.82) is 0 Å². The molecule has 0 saturated carbocycles. The summed E-state index contributed by atoms with van der Waals surface area (Å²) in [6, 6.07) is 8.70. The van der Waals surface area contributed by atoms with Crippen molar-refractivity contribution in [2.75, 3.05) is 31.6 Å². The summed E-state index contributed by atoms with van der Waals surface area (Å²) in [7, 11) is 0. The number of nitrogens with zero attached hydrogens (tertiary/aromatic N) is 2. The fourth-order valence-corrected chi connectivity index (χ4v) is 3.12. The first-order valence-electron chi connectivity index (χ1n) is 7.33. The van der Waals surface area contributed by atoms with Crippen LogP contribution < -0.4 is 5.32 Å². The fraction of sp³-hybridized carbons (Fsp3) is 0.438. The number of morpholine rings is 1. The summed E-state index contributed by atoms with van der Waals surface area (Å²) >= 11 is 1.70. The number of rotatable bonds is 5. The third-order valence-electron chi connectivity index (χ3n) is 3.57. The van der Waals surface area contributed by atoms with Gasteiger partial charge in [-0.05, 0) is 24.6 Å².